The lowest BCUT2D eigenvalue weighted by molar-refractivity contribution is 0.0904. The maximum Gasteiger partial charge on any atom is 0.231 e. The molecule has 29 heavy (non-hydrogen) atoms. The molecule has 0 bridgehead atoms. The summed E-state index contributed by atoms with van der Waals surface area (Å²) in [4.78, 5) is 9.43. The van der Waals surface area contributed by atoms with Gasteiger partial charge in [0.1, 0.15) is 11.6 Å². The number of fused-ring (bicyclic) bond motifs is 1. The van der Waals surface area contributed by atoms with Gasteiger partial charge in [0.05, 0.1) is 0 Å². The van der Waals surface area contributed by atoms with E-state index in [1.165, 1.54) is 0 Å². The van der Waals surface area contributed by atoms with Crippen LogP contribution < -0.4 is 20.1 Å². The maximum atomic E-state index is 5.50. The van der Waals surface area contributed by atoms with Crippen molar-refractivity contribution in [2.45, 2.75) is 25.8 Å². The highest BCUT2D eigenvalue weighted by Gasteiger charge is 2.18. The third-order valence-electron chi connectivity index (χ3n) is 4.89. The number of aryl methyl sites for hydroxylation is 1. The van der Waals surface area contributed by atoms with E-state index in [2.05, 4.69) is 25.8 Å². The Kier molecular flexibility index (Phi) is 4.65. The van der Waals surface area contributed by atoms with Crippen LogP contribution in [0, 0.1) is 6.92 Å². The first-order valence-corrected chi connectivity index (χ1v) is 9.65. The Morgan fingerprint density at radius 2 is 1.83 bits per heavy atom. The summed E-state index contributed by atoms with van der Waals surface area (Å²) < 4.78 is 16.4. The standard InChI is InChI=1S/C20H22N6O3.H2/c1-12-8-19(26-25-12)22-18-10-17(21-14-4-6-27-7-5-14)23-20(24-18)13-2-3-15-16(9-13)29-11-28-15;/h2-3,8-10,14H,4-7,11H2,1H3,(H3,21,22,23,24,25,26);1H. The highest BCUT2D eigenvalue weighted by atomic mass is 16.7. The summed E-state index contributed by atoms with van der Waals surface area (Å²) in [5, 5.41) is 13.9. The molecule has 0 saturated carbocycles. The number of rotatable bonds is 5. The van der Waals surface area contributed by atoms with Crippen LogP contribution >= 0.6 is 0 Å². The second-order valence-corrected chi connectivity index (χ2v) is 7.12. The number of hydrogen-bond acceptors (Lipinski definition) is 8. The second-order valence-electron chi connectivity index (χ2n) is 7.12. The van der Waals surface area contributed by atoms with Crippen molar-refractivity contribution in [1.29, 1.82) is 0 Å². The van der Waals surface area contributed by atoms with Gasteiger partial charge >= 0.3 is 0 Å². The van der Waals surface area contributed by atoms with Gasteiger partial charge in [-0.2, -0.15) is 5.10 Å². The van der Waals surface area contributed by atoms with Gasteiger partial charge in [0, 0.05) is 44.1 Å². The van der Waals surface area contributed by atoms with Crippen molar-refractivity contribution in [3.8, 4) is 22.9 Å². The molecule has 2 aliphatic heterocycles. The van der Waals surface area contributed by atoms with Gasteiger partial charge in [-0.25, -0.2) is 9.97 Å². The molecule has 0 atom stereocenters. The topological polar surface area (TPSA) is 106 Å². The highest BCUT2D eigenvalue weighted by Crippen LogP contribution is 2.35. The lowest BCUT2D eigenvalue weighted by Crippen LogP contribution is -2.28. The van der Waals surface area contributed by atoms with Gasteiger partial charge in [0.15, 0.2) is 23.1 Å². The number of H-pyrrole nitrogens is 1. The van der Waals surface area contributed by atoms with Crippen molar-refractivity contribution in [3.05, 3.63) is 36.0 Å². The molecule has 0 amide bonds. The molecule has 1 fully saturated rings. The molecular formula is C20H24N6O3. The number of ether oxygens (including phenoxy) is 3. The van der Waals surface area contributed by atoms with Crippen LogP contribution in [0.3, 0.4) is 0 Å². The van der Waals surface area contributed by atoms with E-state index >= 15 is 0 Å². The summed E-state index contributed by atoms with van der Waals surface area (Å²) >= 11 is 0. The molecule has 5 rings (SSSR count). The third kappa shape index (κ3) is 3.95. The fraction of sp³-hybridized carbons (Fsp3) is 0.350. The fourth-order valence-electron chi connectivity index (χ4n) is 3.41. The predicted molar refractivity (Wildman–Crippen MR) is 110 cm³/mol. The zero-order chi connectivity index (χ0) is 19.6. The van der Waals surface area contributed by atoms with Crippen molar-refractivity contribution in [1.82, 2.24) is 20.2 Å². The number of aromatic nitrogens is 4. The fourth-order valence-corrected chi connectivity index (χ4v) is 3.41. The molecule has 4 heterocycles. The summed E-state index contributed by atoms with van der Waals surface area (Å²) in [6.07, 6.45) is 1.90. The van der Waals surface area contributed by atoms with Crippen molar-refractivity contribution < 1.29 is 15.6 Å². The molecule has 1 saturated heterocycles. The lowest BCUT2D eigenvalue weighted by atomic mass is 10.1. The molecule has 3 N–H and O–H groups in total. The molecule has 3 aromatic rings. The second kappa shape index (κ2) is 7.59. The number of aromatic amines is 1. The molecule has 1 aromatic carbocycles. The van der Waals surface area contributed by atoms with E-state index in [1.807, 2.05) is 37.3 Å². The Bertz CT molecular complexity index is 1020. The van der Waals surface area contributed by atoms with Crippen LogP contribution in [-0.4, -0.2) is 46.2 Å². The van der Waals surface area contributed by atoms with Crippen molar-refractivity contribution in [3.63, 3.8) is 0 Å². The Morgan fingerprint density at radius 1 is 1.00 bits per heavy atom. The van der Waals surface area contributed by atoms with Gasteiger partial charge in [-0.05, 0) is 38.0 Å². The average Bonchev–Trinajstić information content (AvgIpc) is 3.36. The largest absolute Gasteiger partial charge is 0.454 e. The summed E-state index contributed by atoms with van der Waals surface area (Å²) in [5.41, 5.74) is 1.82. The first-order valence-electron chi connectivity index (χ1n) is 9.65. The monoisotopic (exact) mass is 396 g/mol. The number of nitrogens with zero attached hydrogens (tertiary/aromatic N) is 3. The number of benzene rings is 1. The van der Waals surface area contributed by atoms with Gasteiger partial charge in [-0.1, -0.05) is 0 Å². The summed E-state index contributed by atoms with van der Waals surface area (Å²) in [5.74, 6) is 4.15. The molecule has 0 aliphatic carbocycles. The van der Waals surface area contributed by atoms with Crippen LogP contribution in [0.5, 0.6) is 11.5 Å². The molecule has 0 radical (unpaired) electrons. The number of anilines is 3. The van der Waals surface area contributed by atoms with E-state index in [4.69, 9.17) is 19.2 Å². The molecule has 0 unspecified atom stereocenters. The molecule has 9 heteroatoms. The maximum absolute atomic E-state index is 5.50. The Hall–Kier alpha value is -3.33. The van der Waals surface area contributed by atoms with Gasteiger partial charge in [0.25, 0.3) is 0 Å². The highest BCUT2D eigenvalue weighted by molar-refractivity contribution is 5.67. The van der Waals surface area contributed by atoms with E-state index in [1.54, 1.807) is 0 Å². The lowest BCUT2D eigenvalue weighted by Gasteiger charge is -2.24. The Balaban J connectivity index is 0.00000218. The van der Waals surface area contributed by atoms with E-state index in [-0.39, 0.29) is 8.22 Å². The summed E-state index contributed by atoms with van der Waals surface area (Å²) in [6.45, 7) is 3.70. The molecule has 2 aliphatic rings. The Labute approximate surface area is 169 Å². The molecule has 9 nitrogen and oxygen atoms in total. The number of nitrogens with one attached hydrogen (secondary N) is 3. The Morgan fingerprint density at radius 3 is 2.66 bits per heavy atom. The first kappa shape index (κ1) is 17.7. The average molecular weight is 396 g/mol. The first-order chi connectivity index (χ1) is 14.2. The van der Waals surface area contributed by atoms with E-state index in [9.17, 15) is 0 Å². The molecule has 0 spiro atoms. The van der Waals surface area contributed by atoms with Crippen molar-refractivity contribution in [2.24, 2.45) is 0 Å². The molecule has 2 aromatic heterocycles. The summed E-state index contributed by atoms with van der Waals surface area (Å²) in [6, 6.07) is 9.86. The summed E-state index contributed by atoms with van der Waals surface area (Å²) in [7, 11) is 0. The zero-order valence-corrected chi connectivity index (χ0v) is 16.1. The number of hydrogen-bond donors (Lipinski definition) is 3. The minimum atomic E-state index is 0. The van der Waals surface area contributed by atoms with Gasteiger partial charge < -0.3 is 24.8 Å². The van der Waals surface area contributed by atoms with Crippen molar-refractivity contribution in [2.75, 3.05) is 30.6 Å². The smallest absolute Gasteiger partial charge is 0.231 e. The van der Waals surface area contributed by atoms with Crippen LogP contribution in [0.15, 0.2) is 30.3 Å². The minimum absolute atomic E-state index is 0. The normalized spacial score (nSPS) is 16.0. The van der Waals surface area contributed by atoms with Crippen LogP contribution in [0.25, 0.3) is 11.4 Å². The quantitative estimate of drug-likeness (QED) is 0.602. The van der Waals surface area contributed by atoms with Gasteiger partial charge in [-0.15, -0.1) is 0 Å². The van der Waals surface area contributed by atoms with Gasteiger partial charge in [-0.3, -0.25) is 5.10 Å². The SMILES string of the molecule is Cc1cc(Nc2cc(NC3CCOCC3)nc(-c3ccc4c(c3)OCO4)n2)n[nH]1.[HH]. The van der Waals surface area contributed by atoms with Crippen LogP contribution in [0.1, 0.15) is 20.0 Å². The molecule has 152 valence electrons. The van der Waals surface area contributed by atoms with Crippen LogP contribution in [0.2, 0.25) is 0 Å². The van der Waals surface area contributed by atoms with E-state index in [0.717, 1.165) is 48.9 Å². The zero-order valence-electron chi connectivity index (χ0n) is 16.1. The van der Waals surface area contributed by atoms with Gasteiger partial charge in [0.2, 0.25) is 6.79 Å². The molecular weight excluding hydrogens is 372 g/mol. The van der Waals surface area contributed by atoms with Crippen LogP contribution in [0.4, 0.5) is 17.5 Å². The van der Waals surface area contributed by atoms with E-state index < -0.39 is 0 Å². The van der Waals surface area contributed by atoms with Crippen molar-refractivity contribution >= 4 is 17.5 Å². The third-order valence-corrected chi connectivity index (χ3v) is 4.89. The van der Waals surface area contributed by atoms with E-state index in [0.29, 0.717) is 29.3 Å². The predicted octanol–water partition coefficient (Wildman–Crippen LogP) is 3.48. The minimum Gasteiger partial charge on any atom is -0.454 e. The van der Waals surface area contributed by atoms with Crippen LogP contribution in [-0.2, 0) is 4.74 Å².